The SMILES string of the molecule is CNC(=O)NC(=O)[C@H](OC(=O)CNC(=O)c1ccco1)c1ccccc1. The summed E-state index contributed by atoms with van der Waals surface area (Å²) in [7, 11) is 1.34. The highest BCUT2D eigenvalue weighted by atomic mass is 16.5. The molecule has 0 aliphatic carbocycles. The number of urea groups is 1. The number of benzene rings is 1. The number of carbonyl (C=O) groups excluding carboxylic acids is 4. The lowest BCUT2D eigenvalue weighted by molar-refractivity contribution is -0.155. The van der Waals surface area contributed by atoms with Crippen LogP contribution in [0, 0.1) is 0 Å². The van der Waals surface area contributed by atoms with Gasteiger partial charge in [-0.25, -0.2) is 4.79 Å². The van der Waals surface area contributed by atoms with Crippen LogP contribution in [0.1, 0.15) is 22.2 Å². The lowest BCUT2D eigenvalue weighted by Gasteiger charge is -2.17. The summed E-state index contributed by atoms with van der Waals surface area (Å²) in [4.78, 5) is 47.3. The van der Waals surface area contributed by atoms with Gasteiger partial charge in [0.15, 0.2) is 5.76 Å². The van der Waals surface area contributed by atoms with Crippen molar-refractivity contribution in [2.45, 2.75) is 6.10 Å². The first kappa shape index (κ1) is 18.7. The summed E-state index contributed by atoms with van der Waals surface area (Å²) in [5.74, 6) is -2.24. The lowest BCUT2D eigenvalue weighted by atomic mass is 10.1. The number of carbonyl (C=O) groups is 4. The van der Waals surface area contributed by atoms with E-state index in [1.54, 1.807) is 30.3 Å². The van der Waals surface area contributed by atoms with E-state index in [0.717, 1.165) is 0 Å². The zero-order valence-electron chi connectivity index (χ0n) is 13.9. The van der Waals surface area contributed by atoms with E-state index in [0.29, 0.717) is 5.56 Å². The van der Waals surface area contributed by atoms with Crippen molar-refractivity contribution >= 4 is 23.8 Å². The smallest absolute Gasteiger partial charge is 0.326 e. The van der Waals surface area contributed by atoms with E-state index in [-0.39, 0.29) is 5.76 Å². The fourth-order valence-electron chi connectivity index (χ4n) is 1.96. The first-order valence-corrected chi connectivity index (χ1v) is 7.60. The van der Waals surface area contributed by atoms with Crippen LogP contribution in [-0.2, 0) is 14.3 Å². The third-order valence-corrected chi connectivity index (χ3v) is 3.19. The Labute approximate surface area is 148 Å². The Morgan fingerprint density at radius 1 is 1.08 bits per heavy atom. The van der Waals surface area contributed by atoms with E-state index >= 15 is 0 Å². The van der Waals surface area contributed by atoms with Crippen LogP contribution >= 0.6 is 0 Å². The highest BCUT2D eigenvalue weighted by Gasteiger charge is 2.26. The minimum Gasteiger partial charge on any atom is -0.459 e. The fourth-order valence-corrected chi connectivity index (χ4v) is 1.96. The van der Waals surface area contributed by atoms with Crippen LogP contribution in [-0.4, -0.2) is 37.4 Å². The van der Waals surface area contributed by atoms with Gasteiger partial charge in [0.2, 0.25) is 6.10 Å². The third-order valence-electron chi connectivity index (χ3n) is 3.19. The molecule has 0 aliphatic rings. The van der Waals surface area contributed by atoms with Crippen LogP contribution in [0.5, 0.6) is 0 Å². The molecular formula is C17H17N3O6. The van der Waals surface area contributed by atoms with Gasteiger partial charge in [-0.15, -0.1) is 0 Å². The summed E-state index contributed by atoms with van der Waals surface area (Å²) >= 11 is 0. The maximum Gasteiger partial charge on any atom is 0.326 e. The minimum atomic E-state index is -1.35. The highest BCUT2D eigenvalue weighted by molar-refractivity contribution is 5.98. The van der Waals surface area contributed by atoms with Crippen molar-refractivity contribution in [3.63, 3.8) is 0 Å². The Hall–Kier alpha value is -3.62. The predicted molar refractivity (Wildman–Crippen MR) is 88.9 cm³/mol. The van der Waals surface area contributed by atoms with Gasteiger partial charge in [-0.2, -0.15) is 0 Å². The van der Waals surface area contributed by atoms with Crippen molar-refractivity contribution in [2.24, 2.45) is 0 Å². The molecule has 9 heteroatoms. The van der Waals surface area contributed by atoms with Gasteiger partial charge in [0.05, 0.1) is 6.26 Å². The van der Waals surface area contributed by atoms with Crippen LogP contribution in [0.4, 0.5) is 4.79 Å². The van der Waals surface area contributed by atoms with Gasteiger partial charge >= 0.3 is 12.0 Å². The summed E-state index contributed by atoms with van der Waals surface area (Å²) in [6, 6.07) is 10.4. The number of imide groups is 1. The topological polar surface area (TPSA) is 127 Å². The maximum absolute atomic E-state index is 12.2. The zero-order valence-corrected chi connectivity index (χ0v) is 13.9. The molecule has 0 fully saturated rings. The second-order valence-corrected chi connectivity index (χ2v) is 5.01. The summed E-state index contributed by atoms with van der Waals surface area (Å²) in [6.07, 6.45) is -0.0246. The maximum atomic E-state index is 12.2. The molecule has 26 heavy (non-hydrogen) atoms. The van der Waals surface area contributed by atoms with Gasteiger partial charge < -0.3 is 19.8 Å². The number of esters is 1. The molecule has 1 heterocycles. The van der Waals surface area contributed by atoms with Crippen LogP contribution in [0.25, 0.3) is 0 Å². The van der Waals surface area contributed by atoms with Crippen LogP contribution in [0.2, 0.25) is 0 Å². The number of ether oxygens (including phenoxy) is 1. The van der Waals surface area contributed by atoms with E-state index in [4.69, 9.17) is 9.15 Å². The van der Waals surface area contributed by atoms with Crippen molar-refractivity contribution in [2.75, 3.05) is 13.6 Å². The van der Waals surface area contributed by atoms with Crippen molar-refractivity contribution in [1.29, 1.82) is 0 Å². The number of furan rings is 1. The average Bonchev–Trinajstić information content (AvgIpc) is 3.19. The summed E-state index contributed by atoms with van der Waals surface area (Å²) in [6.45, 7) is -0.476. The van der Waals surface area contributed by atoms with Crippen LogP contribution in [0.15, 0.2) is 53.1 Å². The fraction of sp³-hybridized carbons (Fsp3) is 0.176. The Balaban J connectivity index is 2.01. The minimum absolute atomic E-state index is 0.0368. The molecule has 2 aromatic rings. The van der Waals surface area contributed by atoms with Crippen LogP contribution in [0.3, 0.4) is 0 Å². The molecule has 0 spiro atoms. The molecule has 9 nitrogen and oxygen atoms in total. The molecule has 1 aromatic carbocycles. The monoisotopic (exact) mass is 359 g/mol. The van der Waals surface area contributed by atoms with E-state index in [2.05, 4.69) is 16.0 Å². The van der Waals surface area contributed by atoms with Crippen molar-refractivity contribution in [3.05, 3.63) is 60.1 Å². The van der Waals surface area contributed by atoms with Gasteiger partial charge in [-0.3, -0.25) is 19.7 Å². The molecular weight excluding hydrogens is 342 g/mol. The summed E-state index contributed by atoms with van der Waals surface area (Å²) in [5.41, 5.74) is 0.375. The Kier molecular flexibility index (Phi) is 6.49. The predicted octanol–water partition coefficient (Wildman–Crippen LogP) is 0.750. The van der Waals surface area contributed by atoms with Crippen molar-refractivity contribution in [1.82, 2.24) is 16.0 Å². The number of hydrogen-bond acceptors (Lipinski definition) is 6. The number of amides is 4. The number of hydrogen-bond donors (Lipinski definition) is 3. The van der Waals surface area contributed by atoms with E-state index in [9.17, 15) is 19.2 Å². The van der Waals surface area contributed by atoms with Crippen LogP contribution < -0.4 is 16.0 Å². The second kappa shape index (κ2) is 9.02. The van der Waals surface area contributed by atoms with Gasteiger partial charge in [-0.1, -0.05) is 30.3 Å². The standard InChI is InChI=1S/C17H17N3O6/c1-18-17(24)20-16(23)14(11-6-3-2-4-7-11)26-13(21)10-19-15(22)12-8-5-9-25-12/h2-9,14H,10H2,1H3,(H,19,22)(H2,18,20,23,24)/t14-/m1/s1. The van der Waals surface area contributed by atoms with Gasteiger partial charge in [0.25, 0.3) is 11.8 Å². The normalized spacial score (nSPS) is 11.1. The molecule has 0 aliphatic heterocycles. The molecule has 0 unspecified atom stereocenters. The Bertz CT molecular complexity index is 773. The van der Waals surface area contributed by atoms with Crippen molar-refractivity contribution < 1.29 is 28.3 Å². The molecule has 4 amide bonds. The first-order valence-electron chi connectivity index (χ1n) is 7.60. The molecule has 2 rings (SSSR count). The Morgan fingerprint density at radius 2 is 1.81 bits per heavy atom. The number of nitrogens with one attached hydrogen (secondary N) is 3. The van der Waals surface area contributed by atoms with E-state index in [1.165, 1.54) is 25.4 Å². The Morgan fingerprint density at radius 3 is 2.42 bits per heavy atom. The molecule has 1 aromatic heterocycles. The summed E-state index contributed by atoms with van der Waals surface area (Å²) < 4.78 is 10.0. The molecule has 0 radical (unpaired) electrons. The summed E-state index contributed by atoms with van der Waals surface area (Å²) in [5, 5.41) is 6.60. The van der Waals surface area contributed by atoms with Gasteiger partial charge in [0.1, 0.15) is 6.54 Å². The average molecular weight is 359 g/mol. The van der Waals surface area contributed by atoms with Gasteiger partial charge in [0, 0.05) is 12.6 Å². The molecule has 1 atom stereocenters. The highest BCUT2D eigenvalue weighted by Crippen LogP contribution is 2.17. The molecule has 0 saturated heterocycles. The second-order valence-electron chi connectivity index (χ2n) is 5.01. The zero-order chi connectivity index (χ0) is 18.9. The molecule has 136 valence electrons. The third kappa shape index (κ3) is 5.20. The largest absolute Gasteiger partial charge is 0.459 e. The number of rotatable bonds is 6. The van der Waals surface area contributed by atoms with E-state index < -0.39 is 36.5 Å². The quantitative estimate of drug-likeness (QED) is 0.653. The molecule has 0 bridgehead atoms. The first-order chi connectivity index (χ1) is 12.5. The van der Waals surface area contributed by atoms with Gasteiger partial charge in [-0.05, 0) is 12.1 Å². The van der Waals surface area contributed by atoms with E-state index in [1.807, 2.05) is 0 Å². The molecule has 0 saturated carbocycles. The lowest BCUT2D eigenvalue weighted by Crippen LogP contribution is -2.42. The van der Waals surface area contributed by atoms with Crippen molar-refractivity contribution in [3.8, 4) is 0 Å². The molecule has 3 N–H and O–H groups in total.